The van der Waals surface area contributed by atoms with Gasteiger partial charge in [0.05, 0.1) is 23.9 Å². The molecule has 12 heteroatoms. The molecule has 0 bridgehead atoms. The van der Waals surface area contributed by atoms with Gasteiger partial charge in [-0.25, -0.2) is 0 Å². The Kier molecular flexibility index (Phi) is 8.84. The topological polar surface area (TPSA) is 89.6 Å². The number of nitrogens with one attached hydrogen (secondary N) is 1. The van der Waals surface area contributed by atoms with Crippen LogP contribution in [0.5, 0.6) is 17.2 Å². The maximum Gasteiger partial charge on any atom is 0.573 e. The maximum atomic E-state index is 12.9. The molecular formula is C23H23F6N3O3. The van der Waals surface area contributed by atoms with Gasteiger partial charge >= 0.3 is 12.5 Å². The van der Waals surface area contributed by atoms with Crippen LogP contribution < -0.4 is 14.4 Å². The largest absolute Gasteiger partial charge is 0.573 e. The predicted octanol–water partition coefficient (Wildman–Crippen LogP) is 5.95. The molecule has 2 aromatic carbocycles. The second-order valence-corrected chi connectivity index (χ2v) is 7.53. The van der Waals surface area contributed by atoms with E-state index in [1.807, 2.05) is 0 Å². The van der Waals surface area contributed by atoms with Crippen molar-refractivity contribution in [2.75, 3.05) is 25.1 Å². The molecule has 2 rings (SSSR count). The van der Waals surface area contributed by atoms with Gasteiger partial charge in [-0.2, -0.15) is 18.4 Å². The summed E-state index contributed by atoms with van der Waals surface area (Å²) in [7, 11) is 1.52. The van der Waals surface area contributed by atoms with Gasteiger partial charge in [-0.1, -0.05) is 13.3 Å². The lowest BCUT2D eigenvalue weighted by atomic mass is 10.00. The number of ether oxygens (including phenoxy) is 2. The lowest BCUT2D eigenvalue weighted by molar-refractivity contribution is -0.274. The molecule has 0 saturated carbocycles. The second-order valence-electron chi connectivity index (χ2n) is 7.53. The fourth-order valence-corrected chi connectivity index (χ4v) is 3.31. The van der Waals surface area contributed by atoms with Crippen LogP contribution in [0.25, 0.3) is 0 Å². The van der Waals surface area contributed by atoms with Crippen LogP contribution in [0, 0.1) is 16.7 Å². The van der Waals surface area contributed by atoms with Crippen LogP contribution in [-0.4, -0.2) is 43.6 Å². The molecule has 0 saturated heterocycles. The Morgan fingerprint density at radius 2 is 1.80 bits per heavy atom. The molecule has 0 amide bonds. The molecule has 6 nitrogen and oxygen atoms in total. The van der Waals surface area contributed by atoms with Gasteiger partial charge < -0.3 is 19.5 Å². The normalized spacial score (nSPS) is 11.6. The van der Waals surface area contributed by atoms with Gasteiger partial charge in [-0.3, -0.25) is 5.41 Å². The summed E-state index contributed by atoms with van der Waals surface area (Å²) in [6.45, 7) is 2.02. The van der Waals surface area contributed by atoms with Crippen LogP contribution in [0.2, 0.25) is 0 Å². The standard InChI is InChI=1S/C23H23F6N3O3/c1-3-5-15-18(9-7-16(20(15)33)21(31)22(24,25)26)34-11-4-10-32(2)17-8-6-14(13-30)12-19(17)35-23(27,28)29/h6-9,12,31,33H,3-5,10-11H2,1-2H3. The van der Waals surface area contributed by atoms with Crippen LogP contribution in [0.4, 0.5) is 32.0 Å². The number of nitriles is 1. The van der Waals surface area contributed by atoms with E-state index >= 15 is 0 Å². The van der Waals surface area contributed by atoms with Gasteiger partial charge in [0.25, 0.3) is 0 Å². The Morgan fingerprint density at radius 1 is 1.11 bits per heavy atom. The van der Waals surface area contributed by atoms with E-state index in [2.05, 4.69) is 4.74 Å². The number of hydrogen-bond acceptors (Lipinski definition) is 6. The third-order valence-electron chi connectivity index (χ3n) is 4.91. The first kappa shape index (κ1) is 27.6. The highest BCUT2D eigenvalue weighted by molar-refractivity contribution is 6.04. The quantitative estimate of drug-likeness (QED) is 0.238. The van der Waals surface area contributed by atoms with Gasteiger partial charge in [0.1, 0.15) is 17.2 Å². The third kappa shape index (κ3) is 7.43. The SMILES string of the molecule is CCCc1c(OCCCN(C)c2ccc(C#N)cc2OC(F)(F)F)ccc(C(=N)C(F)(F)F)c1O. The highest BCUT2D eigenvalue weighted by Crippen LogP contribution is 2.36. The number of anilines is 1. The molecule has 0 atom stereocenters. The van der Waals surface area contributed by atoms with Crippen LogP contribution in [0.15, 0.2) is 30.3 Å². The monoisotopic (exact) mass is 503 g/mol. The van der Waals surface area contributed by atoms with Crippen molar-refractivity contribution < 1.29 is 40.9 Å². The van der Waals surface area contributed by atoms with Crippen molar-refractivity contribution in [3.05, 3.63) is 47.0 Å². The van der Waals surface area contributed by atoms with Crippen LogP contribution >= 0.6 is 0 Å². The zero-order chi connectivity index (χ0) is 26.4. The molecule has 0 fully saturated rings. The zero-order valence-corrected chi connectivity index (χ0v) is 18.8. The summed E-state index contributed by atoms with van der Waals surface area (Å²) >= 11 is 0. The fourth-order valence-electron chi connectivity index (χ4n) is 3.31. The summed E-state index contributed by atoms with van der Waals surface area (Å²) in [5.41, 5.74) is -2.08. The highest BCUT2D eigenvalue weighted by atomic mass is 19.4. The first-order chi connectivity index (χ1) is 16.3. The first-order valence-electron chi connectivity index (χ1n) is 10.4. The van der Waals surface area contributed by atoms with Gasteiger partial charge in [0.15, 0.2) is 5.75 Å². The number of rotatable bonds is 10. The molecular weight excluding hydrogens is 480 g/mol. The number of nitrogens with zero attached hydrogens (tertiary/aromatic N) is 2. The molecule has 0 spiro atoms. The molecule has 0 radical (unpaired) electrons. The van der Waals surface area contributed by atoms with Gasteiger partial charge in [-0.05, 0) is 37.1 Å². The summed E-state index contributed by atoms with van der Waals surface area (Å²) in [6.07, 6.45) is -8.86. The van der Waals surface area contributed by atoms with Gasteiger partial charge in [0, 0.05) is 30.8 Å². The Morgan fingerprint density at radius 3 is 2.37 bits per heavy atom. The van der Waals surface area contributed by atoms with E-state index in [4.69, 9.17) is 15.4 Å². The molecule has 0 heterocycles. The van der Waals surface area contributed by atoms with Crippen LogP contribution in [0.1, 0.15) is 36.5 Å². The Bertz CT molecular complexity index is 1090. The molecule has 0 aromatic heterocycles. The molecule has 0 aliphatic carbocycles. The lowest BCUT2D eigenvalue weighted by Gasteiger charge is -2.23. The minimum Gasteiger partial charge on any atom is -0.507 e. The minimum atomic E-state index is -4.95. The summed E-state index contributed by atoms with van der Waals surface area (Å²) in [6, 6.07) is 7.62. The molecule has 35 heavy (non-hydrogen) atoms. The van der Waals surface area contributed by atoms with E-state index in [1.54, 1.807) is 13.0 Å². The van der Waals surface area contributed by atoms with E-state index in [1.165, 1.54) is 30.1 Å². The summed E-state index contributed by atoms with van der Waals surface area (Å²) in [5.74, 6) is -1.04. The maximum absolute atomic E-state index is 12.9. The highest BCUT2D eigenvalue weighted by Gasteiger charge is 2.37. The molecule has 0 aliphatic rings. The predicted molar refractivity (Wildman–Crippen MR) is 116 cm³/mol. The molecule has 2 N–H and O–H groups in total. The number of aromatic hydroxyl groups is 1. The number of phenolic OH excluding ortho intramolecular Hbond substituents is 1. The minimum absolute atomic E-state index is 0.00459. The molecule has 2 aromatic rings. The van der Waals surface area contributed by atoms with Crippen molar-refractivity contribution in [2.45, 2.75) is 38.7 Å². The lowest BCUT2D eigenvalue weighted by Crippen LogP contribution is -2.24. The van der Waals surface area contributed by atoms with Crippen molar-refractivity contribution in [1.29, 1.82) is 10.7 Å². The van der Waals surface area contributed by atoms with Crippen molar-refractivity contribution in [2.24, 2.45) is 0 Å². The van der Waals surface area contributed by atoms with Gasteiger partial charge in [-0.15, -0.1) is 13.2 Å². The molecule has 190 valence electrons. The fraction of sp³-hybridized carbons (Fsp3) is 0.391. The van der Waals surface area contributed by atoms with Crippen LogP contribution in [0.3, 0.4) is 0 Å². The van der Waals surface area contributed by atoms with E-state index in [9.17, 15) is 31.4 Å². The average molecular weight is 503 g/mol. The van der Waals surface area contributed by atoms with Crippen molar-refractivity contribution in [1.82, 2.24) is 0 Å². The van der Waals surface area contributed by atoms with Crippen molar-refractivity contribution >= 4 is 11.4 Å². The summed E-state index contributed by atoms with van der Waals surface area (Å²) < 4.78 is 86.6. The van der Waals surface area contributed by atoms with Crippen molar-refractivity contribution in [3.63, 3.8) is 0 Å². The van der Waals surface area contributed by atoms with E-state index in [0.29, 0.717) is 12.8 Å². The number of hydrogen-bond donors (Lipinski definition) is 2. The molecule has 0 unspecified atom stereocenters. The smallest absolute Gasteiger partial charge is 0.507 e. The number of phenols is 1. The number of benzene rings is 2. The van der Waals surface area contributed by atoms with E-state index < -0.39 is 35.3 Å². The van der Waals surface area contributed by atoms with Crippen molar-refractivity contribution in [3.8, 4) is 23.3 Å². The molecule has 0 aliphatic heterocycles. The Balaban J connectivity index is 2.11. The van der Waals surface area contributed by atoms with Crippen LogP contribution in [-0.2, 0) is 6.42 Å². The Hall–Kier alpha value is -3.62. The van der Waals surface area contributed by atoms with E-state index in [0.717, 1.165) is 12.1 Å². The Labute approximate surface area is 197 Å². The average Bonchev–Trinajstić information content (AvgIpc) is 2.76. The number of halogens is 6. The van der Waals surface area contributed by atoms with E-state index in [-0.39, 0.29) is 42.1 Å². The second kappa shape index (κ2) is 11.2. The number of alkyl halides is 6. The first-order valence-corrected chi connectivity index (χ1v) is 10.4. The van der Waals surface area contributed by atoms with Gasteiger partial charge in [0.2, 0.25) is 0 Å². The zero-order valence-electron chi connectivity index (χ0n) is 18.8. The summed E-state index contributed by atoms with van der Waals surface area (Å²) in [4.78, 5) is 1.48. The summed E-state index contributed by atoms with van der Waals surface area (Å²) in [5, 5.41) is 26.6. The third-order valence-corrected chi connectivity index (χ3v) is 4.91.